The molecule has 0 saturated carbocycles. The zero-order chi connectivity index (χ0) is 16.4. The van der Waals surface area contributed by atoms with E-state index in [1.165, 1.54) is 4.31 Å². The summed E-state index contributed by atoms with van der Waals surface area (Å²) in [6, 6.07) is 8.71. The number of rotatable bonds is 3. The Kier molecular flexibility index (Phi) is 4.43. The molecule has 0 amide bonds. The second-order valence-corrected chi connectivity index (χ2v) is 7.59. The van der Waals surface area contributed by atoms with Crippen molar-refractivity contribution in [2.45, 2.75) is 18.7 Å². The highest BCUT2D eigenvalue weighted by Gasteiger charge is 2.25. The summed E-state index contributed by atoms with van der Waals surface area (Å²) in [6.45, 7) is 6.22. The van der Waals surface area contributed by atoms with Gasteiger partial charge in [0.05, 0.1) is 4.90 Å². The van der Waals surface area contributed by atoms with Gasteiger partial charge in [-0.2, -0.15) is 4.31 Å². The first-order valence-electron chi connectivity index (χ1n) is 7.60. The number of aryl methyl sites for hydroxylation is 2. The van der Waals surface area contributed by atoms with Gasteiger partial charge in [-0.05, 0) is 44.2 Å². The second-order valence-electron chi connectivity index (χ2n) is 5.65. The van der Waals surface area contributed by atoms with Gasteiger partial charge in [0.25, 0.3) is 0 Å². The molecule has 0 aliphatic carbocycles. The Hall–Kier alpha value is -1.83. The van der Waals surface area contributed by atoms with Crippen molar-refractivity contribution >= 4 is 10.0 Å². The molecular weight excluding hydrogens is 312 g/mol. The third-order valence-electron chi connectivity index (χ3n) is 3.81. The van der Waals surface area contributed by atoms with E-state index in [-0.39, 0.29) is 0 Å². The van der Waals surface area contributed by atoms with Gasteiger partial charge in [-0.3, -0.25) is 0 Å². The molecule has 1 aliphatic rings. The Labute approximate surface area is 136 Å². The molecule has 0 spiro atoms. The molecule has 23 heavy (non-hydrogen) atoms. The van der Waals surface area contributed by atoms with Crippen LogP contribution < -0.4 is 5.32 Å². The van der Waals surface area contributed by atoms with Crippen LogP contribution in [0.1, 0.15) is 11.4 Å². The van der Waals surface area contributed by atoms with Gasteiger partial charge in [0.15, 0.2) is 5.82 Å². The molecular formula is C16H20N4O2S. The van der Waals surface area contributed by atoms with E-state index in [2.05, 4.69) is 15.3 Å². The minimum absolute atomic E-state index is 0.313. The SMILES string of the molecule is Cc1cc(C)nc(-c2ccc(S(=O)(=O)N3CCNCC3)cc2)n1. The number of nitrogens with zero attached hydrogens (tertiary/aromatic N) is 3. The van der Waals surface area contributed by atoms with Gasteiger partial charge >= 0.3 is 0 Å². The van der Waals surface area contributed by atoms with Crippen LogP contribution in [0.5, 0.6) is 0 Å². The van der Waals surface area contributed by atoms with Gasteiger partial charge in [-0.1, -0.05) is 0 Å². The van der Waals surface area contributed by atoms with Crippen molar-refractivity contribution in [1.82, 2.24) is 19.6 Å². The first-order valence-corrected chi connectivity index (χ1v) is 9.04. The summed E-state index contributed by atoms with van der Waals surface area (Å²) < 4.78 is 26.7. The highest BCUT2D eigenvalue weighted by atomic mass is 32.2. The summed E-state index contributed by atoms with van der Waals surface area (Å²) in [6.07, 6.45) is 0. The maximum Gasteiger partial charge on any atom is 0.243 e. The Balaban J connectivity index is 1.89. The molecule has 1 aromatic heterocycles. The van der Waals surface area contributed by atoms with Crippen LogP contribution in [0.2, 0.25) is 0 Å². The third kappa shape index (κ3) is 3.41. The van der Waals surface area contributed by atoms with Crippen molar-refractivity contribution in [3.8, 4) is 11.4 Å². The van der Waals surface area contributed by atoms with Crippen molar-refractivity contribution in [2.75, 3.05) is 26.2 Å². The Bertz CT molecular complexity index is 777. The summed E-state index contributed by atoms with van der Waals surface area (Å²) in [4.78, 5) is 9.13. The molecule has 7 heteroatoms. The number of piperazine rings is 1. The lowest BCUT2D eigenvalue weighted by Gasteiger charge is -2.26. The van der Waals surface area contributed by atoms with Crippen LogP contribution in [0.15, 0.2) is 35.2 Å². The molecule has 6 nitrogen and oxygen atoms in total. The molecule has 1 saturated heterocycles. The second kappa shape index (κ2) is 6.35. The van der Waals surface area contributed by atoms with Crippen molar-refractivity contribution in [1.29, 1.82) is 0 Å². The predicted octanol–water partition coefficient (Wildman–Crippen LogP) is 1.35. The number of benzene rings is 1. The number of aromatic nitrogens is 2. The molecule has 0 atom stereocenters. The molecule has 1 aromatic carbocycles. The number of sulfonamides is 1. The maximum absolute atomic E-state index is 12.6. The third-order valence-corrected chi connectivity index (χ3v) is 5.72. The highest BCUT2D eigenvalue weighted by Crippen LogP contribution is 2.21. The minimum Gasteiger partial charge on any atom is -0.314 e. The molecule has 0 unspecified atom stereocenters. The molecule has 1 N–H and O–H groups in total. The first-order chi connectivity index (χ1) is 11.0. The lowest BCUT2D eigenvalue weighted by molar-refractivity contribution is 0.360. The minimum atomic E-state index is -3.42. The van der Waals surface area contributed by atoms with Crippen LogP contribution in [0, 0.1) is 13.8 Å². The summed E-state index contributed by atoms with van der Waals surface area (Å²) in [5.41, 5.74) is 2.60. The van der Waals surface area contributed by atoms with E-state index in [0.29, 0.717) is 36.9 Å². The Morgan fingerprint density at radius 2 is 1.57 bits per heavy atom. The summed E-state index contributed by atoms with van der Waals surface area (Å²) in [5.74, 6) is 0.619. The van der Waals surface area contributed by atoms with Crippen LogP contribution in [0.25, 0.3) is 11.4 Å². The van der Waals surface area contributed by atoms with E-state index < -0.39 is 10.0 Å². The smallest absolute Gasteiger partial charge is 0.243 e. The summed E-state index contributed by atoms with van der Waals surface area (Å²) >= 11 is 0. The molecule has 2 aromatic rings. The Morgan fingerprint density at radius 1 is 1.00 bits per heavy atom. The number of hydrogen-bond acceptors (Lipinski definition) is 5. The van der Waals surface area contributed by atoms with E-state index in [1.54, 1.807) is 24.3 Å². The lowest BCUT2D eigenvalue weighted by atomic mass is 10.2. The molecule has 3 rings (SSSR count). The van der Waals surface area contributed by atoms with E-state index >= 15 is 0 Å². The fraction of sp³-hybridized carbons (Fsp3) is 0.375. The number of nitrogens with one attached hydrogen (secondary N) is 1. The molecule has 0 bridgehead atoms. The van der Waals surface area contributed by atoms with Gasteiger partial charge in [0.1, 0.15) is 0 Å². The standard InChI is InChI=1S/C16H20N4O2S/c1-12-11-13(2)19-16(18-12)14-3-5-15(6-4-14)23(21,22)20-9-7-17-8-10-20/h3-6,11,17H,7-10H2,1-2H3. The van der Waals surface area contributed by atoms with E-state index in [0.717, 1.165) is 17.0 Å². The van der Waals surface area contributed by atoms with Crippen LogP contribution in [0.4, 0.5) is 0 Å². The predicted molar refractivity (Wildman–Crippen MR) is 88.6 cm³/mol. The van der Waals surface area contributed by atoms with Crippen molar-refractivity contribution < 1.29 is 8.42 Å². The zero-order valence-electron chi connectivity index (χ0n) is 13.3. The molecule has 0 radical (unpaired) electrons. The zero-order valence-corrected chi connectivity index (χ0v) is 14.1. The van der Waals surface area contributed by atoms with Gasteiger partial charge in [-0.25, -0.2) is 18.4 Å². The largest absolute Gasteiger partial charge is 0.314 e. The summed E-state index contributed by atoms with van der Waals surface area (Å²) in [5, 5.41) is 3.16. The van der Waals surface area contributed by atoms with Crippen LogP contribution in [0.3, 0.4) is 0 Å². The van der Waals surface area contributed by atoms with E-state index in [9.17, 15) is 8.42 Å². The van der Waals surface area contributed by atoms with Gasteiger partial charge in [0, 0.05) is 43.1 Å². The van der Waals surface area contributed by atoms with Crippen LogP contribution in [-0.4, -0.2) is 48.9 Å². The van der Waals surface area contributed by atoms with Gasteiger partial charge < -0.3 is 5.32 Å². The average Bonchev–Trinajstić information content (AvgIpc) is 2.55. The van der Waals surface area contributed by atoms with Crippen molar-refractivity contribution in [3.63, 3.8) is 0 Å². The first kappa shape index (κ1) is 16.0. The van der Waals surface area contributed by atoms with Crippen LogP contribution >= 0.6 is 0 Å². The molecule has 1 fully saturated rings. The summed E-state index contributed by atoms with van der Waals surface area (Å²) in [7, 11) is -3.42. The maximum atomic E-state index is 12.6. The monoisotopic (exact) mass is 332 g/mol. The van der Waals surface area contributed by atoms with Gasteiger partial charge in [-0.15, -0.1) is 0 Å². The van der Waals surface area contributed by atoms with E-state index in [4.69, 9.17) is 0 Å². The fourth-order valence-electron chi connectivity index (χ4n) is 2.66. The molecule has 2 heterocycles. The molecule has 1 aliphatic heterocycles. The number of hydrogen-bond donors (Lipinski definition) is 1. The Morgan fingerprint density at radius 3 is 2.13 bits per heavy atom. The topological polar surface area (TPSA) is 75.2 Å². The fourth-order valence-corrected chi connectivity index (χ4v) is 4.11. The quantitative estimate of drug-likeness (QED) is 0.918. The van der Waals surface area contributed by atoms with Crippen molar-refractivity contribution in [3.05, 3.63) is 41.7 Å². The van der Waals surface area contributed by atoms with Crippen LogP contribution in [-0.2, 0) is 10.0 Å². The van der Waals surface area contributed by atoms with Gasteiger partial charge in [0.2, 0.25) is 10.0 Å². The highest BCUT2D eigenvalue weighted by molar-refractivity contribution is 7.89. The normalized spacial score (nSPS) is 16.4. The average molecular weight is 332 g/mol. The molecule has 122 valence electrons. The van der Waals surface area contributed by atoms with E-state index in [1.807, 2.05) is 19.9 Å². The van der Waals surface area contributed by atoms with Crippen molar-refractivity contribution in [2.24, 2.45) is 0 Å². The lowest BCUT2D eigenvalue weighted by Crippen LogP contribution is -2.46.